The maximum atomic E-state index is 13.2. The molecule has 2 aromatic heterocycles. The van der Waals surface area contributed by atoms with E-state index in [2.05, 4.69) is 10.2 Å². The van der Waals surface area contributed by atoms with Crippen LogP contribution in [-0.4, -0.2) is 30.8 Å². The van der Waals surface area contributed by atoms with Crippen molar-refractivity contribution in [2.75, 3.05) is 0 Å². The Balaban J connectivity index is 2.28. The van der Waals surface area contributed by atoms with E-state index >= 15 is 0 Å². The summed E-state index contributed by atoms with van der Waals surface area (Å²) in [6, 6.07) is 6.78. The van der Waals surface area contributed by atoms with Crippen LogP contribution in [0.1, 0.15) is 53.4 Å². The molecule has 0 saturated carbocycles. The lowest BCUT2D eigenvalue weighted by Gasteiger charge is -2.33. The van der Waals surface area contributed by atoms with Crippen molar-refractivity contribution in [3.05, 3.63) is 64.1 Å². The molecule has 160 valence electrons. The Morgan fingerprint density at radius 1 is 1.17 bits per heavy atom. The van der Waals surface area contributed by atoms with Crippen LogP contribution in [-0.2, 0) is 17.6 Å². The molecular formula is C21H22F3N3O3. The third-order valence-corrected chi connectivity index (χ3v) is 5.58. The molecule has 0 radical (unpaired) electrons. The lowest BCUT2D eigenvalue weighted by molar-refractivity contribution is -0.147. The fourth-order valence-electron chi connectivity index (χ4n) is 3.75. The summed E-state index contributed by atoms with van der Waals surface area (Å²) >= 11 is 0. The number of hydrogen-bond acceptors (Lipinski definition) is 4. The standard InChI is InChI=1S/C21H22F3N3O3/c1-11-5-6-13(9-14(11)10-28)16(20(3,4)19(29)30)15-7-8-27-17(12(15)2)25-26-18(27)21(22,23)24/h5-9,16,28H,10H2,1-4H3,(H,29,30)/t16-/m0/s1. The van der Waals surface area contributed by atoms with Crippen LogP contribution in [0.4, 0.5) is 13.2 Å². The molecule has 3 aromatic rings. The van der Waals surface area contributed by atoms with Crippen molar-refractivity contribution in [2.45, 2.75) is 46.4 Å². The highest BCUT2D eigenvalue weighted by atomic mass is 19.4. The molecule has 0 amide bonds. The van der Waals surface area contributed by atoms with E-state index in [0.29, 0.717) is 22.3 Å². The number of carboxylic acids is 1. The SMILES string of the molecule is Cc1ccc([C@@H](c2ccn3c(C(F)(F)F)nnc3c2C)C(C)(C)C(=O)O)cc1CO. The molecule has 0 unspecified atom stereocenters. The van der Waals surface area contributed by atoms with Crippen molar-refractivity contribution >= 4 is 11.6 Å². The number of aliphatic hydroxyl groups excluding tert-OH is 1. The summed E-state index contributed by atoms with van der Waals surface area (Å²) in [6.45, 7) is 6.35. The number of aryl methyl sites for hydroxylation is 2. The van der Waals surface area contributed by atoms with E-state index in [-0.39, 0.29) is 12.3 Å². The number of alkyl halides is 3. The Hall–Kier alpha value is -2.94. The van der Waals surface area contributed by atoms with Gasteiger partial charge in [-0.05, 0) is 61.6 Å². The van der Waals surface area contributed by atoms with Gasteiger partial charge in [-0.15, -0.1) is 10.2 Å². The molecule has 0 bridgehead atoms. The maximum absolute atomic E-state index is 13.2. The van der Waals surface area contributed by atoms with E-state index in [9.17, 15) is 28.2 Å². The van der Waals surface area contributed by atoms with Gasteiger partial charge in [-0.3, -0.25) is 9.20 Å². The molecule has 0 aliphatic rings. The van der Waals surface area contributed by atoms with Crippen molar-refractivity contribution in [3.63, 3.8) is 0 Å². The first-order valence-corrected chi connectivity index (χ1v) is 9.24. The second-order valence-electron chi connectivity index (χ2n) is 7.91. The zero-order valence-electron chi connectivity index (χ0n) is 16.9. The number of halogens is 3. The van der Waals surface area contributed by atoms with Crippen LogP contribution in [0.15, 0.2) is 30.5 Å². The number of pyridine rings is 1. The second-order valence-corrected chi connectivity index (χ2v) is 7.91. The van der Waals surface area contributed by atoms with Gasteiger partial charge in [0.1, 0.15) is 0 Å². The van der Waals surface area contributed by atoms with E-state index in [0.717, 1.165) is 9.96 Å². The molecule has 0 spiro atoms. The Morgan fingerprint density at radius 2 is 1.83 bits per heavy atom. The number of fused-ring (bicyclic) bond motifs is 1. The Morgan fingerprint density at radius 3 is 2.40 bits per heavy atom. The van der Waals surface area contributed by atoms with Gasteiger partial charge >= 0.3 is 12.1 Å². The summed E-state index contributed by atoms with van der Waals surface area (Å²) in [7, 11) is 0. The number of benzene rings is 1. The van der Waals surface area contributed by atoms with E-state index in [1.54, 1.807) is 39.0 Å². The Kier molecular flexibility index (Phi) is 5.36. The fraction of sp³-hybridized carbons (Fsp3) is 0.381. The molecule has 2 N–H and O–H groups in total. The van der Waals surface area contributed by atoms with Crippen LogP contribution in [0.3, 0.4) is 0 Å². The lowest BCUT2D eigenvalue weighted by Crippen LogP contribution is -2.32. The van der Waals surface area contributed by atoms with Crippen LogP contribution in [0, 0.1) is 19.3 Å². The highest BCUT2D eigenvalue weighted by molar-refractivity contribution is 5.77. The van der Waals surface area contributed by atoms with Crippen molar-refractivity contribution in [2.24, 2.45) is 5.41 Å². The lowest BCUT2D eigenvalue weighted by atomic mass is 9.70. The van der Waals surface area contributed by atoms with Gasteiger partial charge in [0.15, 0.2) is 5.65 Å². The summed E-state index contributed by atoms with van der Waals surface area (Å²) in [6.07, 6.45) is -3.45. The van der Waals surface area contributed by atoms with E-state index < -0.39 is 29.3 Å². The molecule has 0 aliphatic carbocycles. The number of nitrogens with zero attached hydrogens (tertiary/aromatic N) is 3. The van der Waals surface area contributed by atoms with Gasteiger partial charge in [0.05, 0.1) is 12.0 Å². The predicted molar refractivity (Wildman–Crippen MR) is 103 cm³/mol. The molecular weight excluding hydrogens is 399 g/mol. The number of carboxylic acid groups (broad SMARTS) is 1. The molecule has 0 aliphatic heterocycles. The topological polar surface area (TPSA) is 87.7 Å². The van der Waals surface area contributed by atoms with Crippen molar-refractivity contribution in [3.8, 4) is 0 Å². The molecule has 30 heavy (non-hydrogen) atoms. The number of aliphatic hydroxyl groups is 1. The van der Waals surface area contributed by atoms with Crippen LogP contribution in [0.2, 0.25) is 0 Å². The monoisotopic (exact) mass is 421 g/mol. The quantitative estimate of drug-likeness (QED) is 0.648. The van der Waals surface area contributed by atoms with Gasteiger partial charge in [0.25, 0.3) is 0 Å². The molecule has 6 nitrogen and oxygen atoms in total. The van der Waals surface area contributed by atoms with Gasteiger partial charge in [-0.25, -0.2) is 0 Å². The number of hydrogen-bond donors (Lipinski definition) is 2. The van der Waals surface area contributed by atoms with Gasteiger partial charge in [-0.2, -0.15) is 13.2 Å². The van der Waals surface area contributed by atoms with Crippen LogP contribution in [0.25, 0.3) is 5.65 Å². The average molecular weight is 421 g/mol. The maximum Gasteiger partial charge on any atom is 0.452 e. The highest BCUT2D eigenvalue weighted by Gasteiger charge is 2.41. The first-order valence-electron chi connectivity index (χ1n) is 9.24. The molecule has 0 saturated heterocycles. The van der Waals surface area contributed by atoms with Gasteiger partial charge in [-0.1, -0.05) is 18.2 Å². The minimum Gasteiger partial charge on any atom is -0.481 e. The third kappa shape index (κ3) is 3.54. The minimum absolute atomic E-state index is 0.0144. The normalized spacial score (nSPS) is 13.6. The van der Waals surface area contributed by atoms with Crippen molar-refractivity contribution in [1.29, 1.82) is 0 Å². The number of rotatable bonds is 5. The molecule has 9 heteroatoms. The third-order valence-electron chi connectivity index (χ3n) is 5.58. The number of aromatic nitrogens is 3. The first-order chi connectivity index (χ1) is 13.9. The zero-order chi connectivity index (χ0) is 22.4. The van der Waals surface area contributed by atoms with Crippen LogP contribution >= 0.6 is 0 Å². The Bertz CT molecular complexity index is 1120. The largest absolute Gasteiger partial charge is 0.481 e. The fourth-order valence-corrected chi connectivity index (χ4v) is 3.75. The van der Waals surface area contributed by atoms with E-state index in [1.165, 1.54) is 12.3 Å². The highest BCUT2D eigenvalue weighted by Crippen LogP contribution is 2.43. The smallest absolute Gasteiger partial charge is 0.452 e. The molecule has 3 rings (SSSR count). The zero-order valence-corrected chi connectivity index (χ0v) is 16.9. The van der Waals surface area contributed by atoms with E-state index in [4.69, 9.17) is 0 Å². The number of carbonyl (C=O) groups is 1. The summed E-state index contributed by atoms with van der Waals surface area (Å²) in [5.41, 5.74) is 1.81. The van der Waals surface area contributed by atoms with Crippen molar-refractivity contribution < 1.29 is 28.2 Å². The number of aliphatic carboxylic acids is 1. The molecule has 1 aromatic carbocycles. The van der Waals surface area contributed by atoms with Gasteiger partial charge in [0, 0.05) is 12.1 Å². The first kappa shape index (κ1) is 21.8. The predicted octanol–water partition coefficient (Wildman–Crippen LogP) is 4.10. The van der Waals surface area contributed by atoms with Gasteiger partial charge in [0.2, 0.25) is 5.82 Å². The van der Waals surface area contributed by atoms with Crippen LogP contribution in [0.5, 0.6) is 0 Å². The minimum atomic E-state index is -4.67. The second kappa shape index (κ2) is 7.39. The molecule has 1 atom stereocenters. The average Bonchev–Trinajstić information content (AvgIpc) is 3.10. The summed E-state index contributed by atoms with van der Waals surface area (Å²) in [5, 5.41) is 26.5. The van der Waals surface area contributed by atoms with Gasteiger partial charge < -0.3 is 10.2 Å². The molecule has 0 fully saturated rings. The van der Waals surface area contributed by atoms with E-state index in [1.807, 2.05) is 6.92 Å². The Labute approximate surface area is 171 Å². The van der Waals surface area contributed by atoms with Crippen molar-refractivity contribution in [1.82, 2.24) is 14.6 Å². The summed E-state index contributed by atoms with van der Waals surface area (Å²) in [5.74, 6) is -2.90. The molecule has 2 heterocycles. The summed E-state index contributed by atoms with van der Waals surface area (Å²) < 4.78 is 40.5. The van der Waals surface area contributed by atoms with Crippen LogP contribution < -0.4 is 0 Å². The summed E-state index contributed by atoms with van der Waals surface area (Å²) in [4.78, 5) is 12.1.